The van der Waals surface area contributed by atoms with Gasteiger partial charge in [-0.05, 0) is 11.5 Å². The van der Waals surface area contributed by atoms with Gasteiger partial charge < -0.3 is 19.9 Å². The molecular formula is C16H21NO6. The van der Waals surface area contributed by atoms with Crippen LogP contribution in [0.15, 0.2) is 30.3 Å². The van der Waals surface area contributed by atoms with Crippen LogP contribution < -0.4 is 5.32 Å². The Morgan fingerprint density at radius 2 is 1.74 bits per heavy atom. The number of aliphatic hydroxyl groups excluding tert-OH is 1. The molecular weight excluding hydrogens is 302 g/mol. The smallest absolute Gasteiger partial charge is 0.328 e. The van der Waals surface area contributed by atoms with Crippen molar-refractivity contribution in [1.29, 1.82) is 0 Å². The summed E-state index contributed by atoms with van der Waals surface area (Å²) in [7, 11) is 2.42. The highest BCUT2D eigenvalue weighted by molar-refractivity contribution is 5.88. The molecule has 0 heterocycles. The first-order valence-corrected chi connectivity index (χ1v) is 7.08. The van der Waals surface area contributed by atoms with E-state index in [1.54, 1.807) is 37.3 Å². The first-order valence-electron chi connectivity index (χ1n) is 7.08. The number of rotatable bonds is 7. The Morgan fingerprint density at radius 1 is 1.13 bits per heavy atom. The Labute approximate surface area is 134 Å². The van der Waals surface area contributed by atoms with E-state index < -0.39 is 35.9 Å². The summed E-state index contributed by atoms with van der Waals surface area (Å²) in [5.74, 6) is -2.51. The van der Waals surface area contributed by atoms with E-state index in [0.29, 0.717) is 5.56 Å². The van der Waals surface area contributed by atoms with Crippen LogP contribution in [0, 0.1) is 5.92 Å². The Morgan fingerprint density at radius 3 is 2.26 bits per heavy atom. The Kier molecular flexibility index (Phi) is 7.21. The lowest BCUT2D eigenvalue weighted by atomic mass is 9.97. The van der Waals surface area contributed by atoms with Crippen molar-refractivity contribution in [2.45, 2.75) is 25.5 Å². The third kappa shape index (κ3) is 5.37. The van der Waals surface area contributed by atoms with E-state index in [1.807, 2.05) is 0 Å². The zero-order valence-corrected chi connectivity index (χ0v) is 13.3. The lowest BCUT2D eigenvalue weighted by Gasteiger charge is -2.23. The first-order chi connectivity index (χ1) is 10.9. The maximum atomic E-state index is 12.1. The highest BCUT2D eigenvalue weighted by Crippen LogP contribution is 2.15. The molecule has 0 saturated heterocycles. The van der Waals surface area contributed by atoms with Gasteiger partial charge >= 0.3 is 11.9 Å². The van der Waals surface area contributed by atoms with E-state index in [1.165, 1.54) is 14.2 Å². The molecule has 0 aliphatic carbocycles. The van der Waals surface area contributed by atoms with Crippen LogP contribution in [0.5, 0.6) is 0 Å². The highest BCUT2D eigenvalue weighted by Gasteiger charge is 2.31. The van der Waals surface area contributed by atoms with Crippen LogP contribution in [0.2, 0.25) is 0 Å². The van der Waals surface area contributed by atoms with Crippen molar-refractivity contribution in [2.75, 3.05) is 14.2 Å². The molecule has 0 unspecified atom stereocenters. The molecule has 0 aliphatic heterocycles. The number of ether oxygens (including phenoxy) is 2. The van der Waals surface area contributed by atoms with Gasteiger partial charge in [0, 0.05) is 0 Å². The molecule has 7 heteroatoms. The van der Waals surface area contributed by atoms with Crippen molar-refractivity contribution >= 4 is 17.8 Å². The molecule has 0 aromatic heterocycles. The minimum absolute atomic E-state index is 0.0714. The molecule has 0 radical (unpaired) electrons. The van der Waals surface area contributed by atoms with Gasteiger partial charge in [-0.3, -0.25) is 9.59 Å². The van der Waals surface area contributed by atoms with Gasteiger partial charge in [0.05, 0.1) is 20.6 Å². The third-order valence-corrected chi connectivity index (χ3v) is 3.40. The fourth-order valence-corrected chi connectivity index (χ4v) is 2.04. The van der Waals surface area contributed by atoms with E-state index in [9.17, 15) is 19.5 Å². The maximum absolute atomic E-state index is 12.1. The van der Waals surface area contributed by atoms with Crippen LogP contribution in [-0.4, -0.2) is 43.2 Å². The molecule has 0 bridgehead atoms. The zero-order chi connectivity index (χ0) is 17.4. The van der Waals surface area contributed by atoms with Gasteiger partial charge in [-0.15, -0.1) is 0 Å². The molecule has 2 N–H and O–H groups in total. The van der Waals surface area contributed by atoms with Crippen molar-refractivity contribution in [3.05, 3.63) is 35.9 Å². The standard InChI is InChI=1S/C16H21NO6/c1-10(9-12(18)22-2)13(16(21)23-3)17-15(20)14(19)11-7-5-4-6-8-11/h4-8,10,13-14,19H,9H2,1-3H3,(H,17,20)/t10-,13-,14+/m1/s1. The Bertz CT molecular complexity index is 545. The maximum Gasteiger partial charge on any atom is 0.328 e. The van der Waals surface area contributed by atoms with Gasteiger partial charge in [-0.2, -0.15) is 0 Å². The normalized spacial score (nSPS) is 14.3. The van der Waals surface area contributed by atoms with Gasteiger partial charge in [0.15, 0.2) is 6.10 Å². The van der Waals surface area contributed by atoms with Crippen molar-refractivity contribution in [1.82, 2.24) is 5.32 Å². The minimum atomic E-state index is -1.42. The van der Waals surface area contributed by atoms with Crippen molar-refractivity contribution in [3.8, 4) is 0 Å². The van der Waals surface area contributed by atoms with Gasteiger partial charge in [-0.1, -0.05) is 37.3 Å². The van der Waals surface area contributed by atoms with E-state index >= 15 is 0 Å². The summed E-state index contributed by atoms with van der Waals surface area (Å²) in [6.45, 7) is 1.60. The Balaban J connectivity index is 2.82. The van der Waals surface area contributed by atoms with Gasteiger partial charge in [0.2, 0.25) is 0 Å². The Hall–Kier alpha value is -2.41. The minimum Gasteiger partial charge on any atom is -0.469 e. The largest absolute Gasteiger partial charge is 0.469 e. The van der Waals surface area contributed by atoms with Crippen LogP contribution >= 0.6 is 0 Å². The highest BCUT2D eigenvalue weighted by atomic mass is 16.5. The number of amides is 1. The van der Waals surface area contributed by atoms with Gasteiger partial charge in [0.1, 0.15) is 6.04 Å². The third-order valence-electron chi connectivity index (χ3n) is 3.40. The number of methoxy groups -OCH3 is 2. The number of benzene rings is 1. The summed E-state index contributed by atoms with van der Waals surface area (Å²) >= 11 is 0. The van der Waals surface area contributed by atoms with E-state index in [0.717, 1.165) is 0 Å². The molecule has 1 aromatic rings. The number of hydrogen-bond donors (Lipinski definition) is 2. The summed E-state index contributed by atoms with van der Waals surface area (Å²) in [5, 5.41) is 12.5. The first kappa shape index (κ1) is 18.6. The van der Waals surface area contributed by atoms with Gasteiger partial charge in [0.25, 0.3) is 5.91 Å². The fourth-order valence-electron chi connectivity index (χ4n) is 2.04. The summed E-state index contributed by atoms with van der Waals surface area (Å²) in [4.78, 5) is 35.3. The predicted molar refractivity (Wildman–Crippen MR) is 81.1 cm³/mol. The number of carbonyl (C=O) groups excluding carboxylic acids is 3. The second kappa shape index (κ2) is 8.89. The SMILES string of the molecule is COC(=O)C[C@@H](C)[C@@H](NC(=O)[C@@H](O)c1ccccc1)C(=O)OC. The van der Waals surface area contributed by atoms with E-state index in [4.69, 9.17) is 0 Å². The summed E-state index contributed by atoms with van der Waals surface area (Å²) in [6.07, 6.45) is -1.49. The zero-order valence-electron chi connectivity index (χ0n) is 13.3. The second-order valence-electron chi connectivity index (χ2n) is 5.08. The summed E-state index contributed by atoms with van der Waals surface area (Å²) in [5.41, 5.74) is 0.397. The number of hydrogen-bond acceptors (Lipinski definition) is 6. The summed E-state index contributed by atoms with van der Waals surface area (Å²) < 4.78 is 9.20. The van der Waals surface area contributed by atoms with Crippen LogP contribution in [0.25, 0.3) is 0 Å². The molecule has 1 amide bonds. The van der Waals surface area contributed by atoms with E-state index in [-0.39, 0.29) is 6.42 Å². The molecule has 23 heavy (non-hydrogen) atoms. The van der Waals surface area contributed by atoms with Crippen LogP contribution in [0.3, 0.4) is 0 Å². The fraction of sp³-hybridized carbons (Fsp3) is 0.438. The van der Waals surface area contributed by atoms with E-state index in [2.05, 4.69) is 14.8 Å². The summed E-state index contributed by atoms with van der Waals surface area (Å²) in [6, 6.07) is 7.24. The average Bonchev–Trinajstić information content (AvgIpc) is 2.58. The molecule has 0 spiro atoms. The topological polar surface area (TPSA) is 102 Å². The number of carbonyl (C=O) groups is 3. The number of nitrogens with one attached hydrogen (secondary N) is 1. The van der Waals surface area contributed by atoms with Crippen LogP contribution in [-0.2, 0) is 23.9 Å². The molecule has 1 aromatic carbocycles. The lowest BCUT2D eigenvalue weighted by Crippen LogP contribution is -2.48. The molecule has 126 valence electrons. The number of esters is 2. The second-order valence-corrected chi connectivity index (χ2v) is 5.08. The van der Waals surface area contributed by atoms with Crippen molar-refractivity contribution < 1.29 is 29.0 Å². The van der Waals surface area contributed by atoms with Gasteiger partial charge in [-0.25, -0.2) is 4.79 Å². The monoisotopic (exact) mass is 323 g/mol. The quantitative estimate of drug-likeness (QED) is 0.712. The molecule has 0 aliphatic rings. The molecule has 3 atom stereocenters. The number of aliphatic hydroxyl groups is 1. The molecule has 1 rings (SSSR count). The van der Waals surface area contributed by atoms with Crippen LogP contribution in [0.1, 0.15) is 25.0 Å². The average molecular weight is 323 g/mol. The lowest BCUT2D eigenvalue weighted by molar-refractivity contribution is -0.149. The van der Waals surface area contributed by atoms with Crippen molar-refractivity contribution in [2.24, 2.45) is 5.92 Å². The van der Waals surface area contributed by atoms with Crippen LogP contribution in [0.4, 0.5) is 0 Å². The molecule has 0 fully saturated rings. The van der Waals surface area contributed by atoms with Crippen molar-refractivity contribution in [3.63, 3.8) is 0 Å². The molecule has 7 nitrogen and oxygen atoms in total. The predicted octanol–water partition coefficient (Wildman–Crippen LogP) is 0.577. The molecule has 0 saturated carbocycles.